The van der Waals surface area contributed by atoms with Gasteiger partial charge in [-0.2, -0.15) is 0 Å². The summed E-state index contributed by atoms with van der Waals surface area (Å²) in [5.41, 5.74) is 1.15. The summed E-state index contributed by atoms with van der Waals surface area (Å²) in [5, 5.41) is 10.7. The number of esters is 1. The van der Waals surface area contributed by atoms with E-state index in [1.807, 2.05) is 54.6 Å². The van der Waals surface area contributed by atoms with Crippen LogP contribution in [0.4, 0.5) is 11.4 Å². The Morgan fingerprint density at radius 1 is 1.09 bits per heavy atom. The molecule has 0 radical (unpaired) electrons. The van der Waals surface area contributed by atoms with Gasteiger partial charge in [-0.15, -0.1) is 6.58 Å². The predicted molar refractivity (Wildman–Crippen MR) is 164 cm³/mol. The predicted octanol–water partition coefficient (Wildman–Crippen LogP) is 3.89. The van der Waals surface area contributed by atoms with Crippen molar-refractivity contribution in [1.29, 1.82) is 0 Å². The third-order valence-electron chi connectivity index (χ3n) is 9.15. The quantitative estimate of drug-likeness (QED) is 0.280. The number of aliphatic hydroxyl groups is 1. The van der Waals surface area contributed by atoms with Crippen LogP contribution in [0.2, 0.25) is 0 Å². The first-order chi connectivity index (χ1) is 20.9. The fraction of sp³-hybridized carbons (Fsp3) is 0.441. The minimum atomic E-state index is -1.24. The van der Waals surface area contributed by atoms with Crippen molar-refractivity contribution in [2.24, 2.45) is 11.8 Å². The number of rotatable bonds is 13. The molecule has 43 heavy (non-hydrogen) atoms. The summed E-state index contributed by atoms with van der Waals surface area (Å²) in [6, 6.07) is 15.0. The Labute approximate surface area is 253 Å². The van der Waals surface area contributed by atoms with Crippen LogP contribution in [0.1, 0.15) is 38.3 Å². The summed E-state index contributed by atoms with van der Waals surface area (Å²) in [5.74, 6) is -3.03. The van der Waals surface area contributed by atoms with Gasteiger partial charge in [-0.25, -0.2) is 0 Å². The molecule has 2 aromatic rings. The lowest BCUT2D eigenvalue weighted by molar-refractivity contribution is -0.154. The van der Waals surface area contributed by atoms with E-state index < -0.39 is 48.2 Å². The number of amides is 2. The Balaban J connectivity index is 1.59. The summed E-state index contributed by atoms with van der Waals surface area (Å²) in [7, 11) is 0. The topological polar surface area (TPSA) is 99.6 Å². The van der Waals surface area contributed by atoms with Gasteiger partial charge >= 0.3 is 5.97 Å². The Morgan fingerprint density at radius 3 is 2.37 bits per heavy atom. The van der Waals surface area contributed by atoms with E-state index in [0.717, 1.165) is 18.8 Å². The van der Waals surface area contributed by atoms with Gasteiger partial charge in [-0.1, -0.05) is 49.1 Å². The summed E-state index contributed by atoms with van der Waals surface area (Å²) in [6.07, 6.45) is 3.54. The monoisotopic (exact) mass is 587 g/mol. The first-order valence-electron chi connectivity index (χ1n) is 15.1. The standard InChI is InChI=1S/C34H41N3O6/c1-5-20-36(25-16-14-24(15-17-25)35(7-3)8-4)32(40)30-34-19-18-27(43-34)28(33(41)42-21-6-2)29(34)31(39)37(30)26(22-38)23-12-10-9-11-13-23/h5-6,9-17,26-30,38H,1-2,7-8,18-22H2,3-4H3/t26-,27+,28-,29+,30?,34?/m1/s1. The molecule has 3 fully saturated rings. The van der Waals surface area contributed by atoms with Gasteiger partial charge in [0.25, 0.3) is 5.91 Å². The minimum Gasteiger partial charge on any atom is -0.461 e. The van der Waals surface area contributed by atoms with Gasteiger partial charge in [0, 0.05) is 31.0 Å². The molecule has 3 aliphatic rings. The average Bonchev–Trinajstić information content (AvgIpc) is 3.68. The van der Waals surface area contributed by atoms with Crippen molar-refractivity contribution in [2.45, 2.75) is 50.5 Å². The van der Waals surface area contributed by atoms with Crippen LogP contribution >= 0.6 is 0 Å². The van der Waals surface area contributed by atoms with Crippen LogP contribution in [0.15, 0.2) is 79.9 Å². The van der Waals surface area contributed by atoms with Crippen molar-refractivity contribution in [1.82, 2.24) is 4.90 Å². The van der Waals surface area contributed by atoms with E-state index in [0.29, 0.717) is 24.1 Å². The van der Waals surface area contributed by atoms with Gasteiger partial charge in [-0.05, 0) is 56.5 Å². The van der Waals surface area contributed by atoms with E-state index >= 15 is 0 Å². The highest BCUT2D eigenvalue weighted by Gasteiger charge is 2.75. The third kappa shape index (κ3) is 5.14. The highest BCUT2D eigenvalue weighted by atomic mass is 16.6. The van der Waals surface area contributed by atoms with Crippen LogP contribution in [-0.2, 0) is 23.9 Å². The second kappa shape index (κ2) is 12.7. The number of hydrogen-bond acceptors (Lipinski definition) is 7. The van der Waals surface area contributed by atoms with Crippen LogP contribution < -0.4 is 9.80 Å². The fourth-order valence-corrected chi connectivity index (χ4v) is 7.27. The van der Waals surface area contributed by atoms with E-state index in [9.17, 15) is 19.5 Å². The minimum absolute atomic E-state index is 0.0158. The zero-order valence-corrected chi connectivity index (χ0v) is 24.9. The molecule has 9 nitrogen and oxygen atoms in total. The molecule has 3 heterocycles. The smallest absolute Gasteiger partial charge is 0.312 e. The van der Waals surface area contributed by atoms with E-state index in [1.54, 1.807) is 11.0 Å². The van der Waals surface area contributed by atoms with Crippen molar-refractivity contribution in [3.63, 3.8) is 0 Å². The first kappa shape index (κ1) is 30.5. The third-order valence-corrected chi connectivity index (χ3v) is 9.15. The molecule has 2 aromatic carbocycles. The molecule has 0 saturated carbocycles. The number of aliphatic hydroxyl groups excluding tert-OH is 1. The van der Waals surface area contributed by atoms with E-state index in [-0.39, 0.29) is 25.0 Å². The van der Waals surface area contributed by atoms with Crippen molar-refractivity contribution in [3.8, 4) is 0 Å². The molecule has 3 aliphatic heterocycles. The van der Waals surface area contributed by atoms with Crippen LogP contribution in [0, 0.1) is 11.8 Å². The van der Waals surface area contributed by atoms with E-state index in [2.05, 4.69) is 31.9 Å². The van der Waals surface area contributed by atoms with Crippen molar-refractivity contribution < 1.29 is 29.0 Å². The molecule has 3 saturated heterocycles. The summed E-state index contributed by atoms with van der Waals surface area (Å²) in [6.45, 7) is 13.2. The number of benzene rings is 2. The van der Waals surface area contributed by atoms with Crippen LogP contribution in [-0.4, -0.2) is 78.4 Å². The zero-order chi connectivity index (χ0) is 30.7. The first-order valence-corrected chi connectivity index (χ1v) is 15.1. The lowest BCUT2D eigenvalue weighted by Gasteiger charge is -2.39. The molecule has 2 bridgehead atoms. The number of nitrogens with zero attached hydrogens (tertiary/aromatic N) is 3. The Morgan fingerprint density at radius 2 is 1.77 bits per heavy atom. The fourth-order valence-electron chi connectivity index (χ4n) is 7.27. The largest absolute Gasteiger partial charge is 0.461 e. The highest BCUT2D eigenvalue weighted by molar-refractivity contribution is 6.05. The van der Waals surface area contributed by atoms with Crippen LogP contribution in [0.5, 0.6) is 0 Å². The van der Waals surface area contributed by atoms with Gasteiger partial charge in [0.2, 0.25) is 5.91 Å². The molecule has 1 spiro atoms. The number of hydrogen-bond donors (Lipinski definition) is 1. The summed E-state index contributed by atoms with van der Waals surface area (Å²) < 4.78 is 12.0. The maximum Gasteiger partial charge on any atom is 0.312 e. The van der Waals surface area contributed by atoms with Gasteiger partial charge in [0.15, 0.2) is 0 Å². The molecule has 6 atom stereocenters. The van der Waals surface area contributed by atoms with Gasteiger partial charge in [-0.3, -0.25) is 14.4 Å². The second-order valence-corrected chi connectivity index (χ2v) is 11.3. The van der Waals surface area contributed by atoms with Gasteiger partial charge < -0.3 is 29.3 Å². The molecular formula is C34H41N3O6. The molecule has 228 valence electrons. The SMILES string of the molecule is C=CCOC(=O)[C@@H]1[C@@H]2CCC3(O2)C(C(=O)N(CC=C)c2ccc(N(CC)CC)cc2)N([C@H](CO)c2ccccc2)C(=O)[C@H]13. The zero-order valence-electron chi connectivity index (χ0n) is 24.9. The maximum atomic E-state index is 14.8. The summed E-state index contributed by atoms with van der Waals surface area (Å²) >= 11 is 0. The lowest BCUT2D eigenvalue weighted by atomic mass is 9.70. The number of carbonyl (C=O) groups excluding carboxylic acids is 3. The van der Waals surface area contributed by atoms with Crippen molar-refractivity contribution >= 4 is 29.2 Å². The molecular weight excluding hydrogens is 546 g/mol. The van der Waals surface area contributed by atoms with E-state index in [1.165, 1.54) is 11.0 Å². The van der Waals surface area contributed by atoms with Gasteiger partial charge in [0.1, 0.15) is 18.2 Å². The molecule has 0 aliphatic carbocycles. The van der Waals surface area contributed by atoms with Crippen LogP contribution in [0.25, 0.3) is 0 Å². The maximum absolute atomic E-state index is 14.8. The van der Waals surface area contributed by atoms with Crippen molar-refractivity contribution in [2.75, 3.05) is 42.6 Å². The second-order valence-electron chi connectivity index (χ2n) is 11.3. The average molecular weight is 588 g/mol. The van der Waals surface area contributed by atoms with Crippen LogP contribution in [0.3, 0.4) is 0 Å². The Kier molecular flexibility index (Phi) is 9.03. The number of anilines is 2. The lowest BCUT2D eigenvalue weighted by Crippen LogP contribution is -2.57. The number of likely N-dealkylation sites (tertiary alicyclic amines) is 1. The summed E-state index contributed by atoms with van der Waals surface area (Å²) in [4.78, 5) is 47.9. The van der Waals surface area contributed by atoms with Gasteiger partial charge in [0.05, 0.1) is 30.6 Å². The molecule has 1 N–H and O–H groups in total. The molecule has 2 amide bonds. The normalized spacial score (nSPS) is 26.1. The molecule has 2 unspecified atom stereocenters. The highest BCUT2D eigenvalue weighted by Crippen LogP contribution is 2.60. The number of fused-ring (bicyclic) bond motifs is 1. The number of ether oxygens (including phenoxy) is 2. The molecule has 5 rings (SSSR count). The Bertz CT molecular complexity index is 1340. The molecule has 9 heteroatoms. The van der Waals surface area contributed by atoms with E-state index in [4.69, 9.17) is 9.47 Å². The Hall–Kier alpha value is -3.95. The number of carbonyl (C=O) groups is 3. The van der Waals surface area contributed by atoms with Crippen molar-refractivity contribution in [3.05, 3.63) is 85.5 Å². The molecule has 0 aromatic heterocycles.